The molecule has 2 N–H and O–H groups in total. The lowest BCUT2D eigenvalue weighted by Crippen LogP contribution is -3.05. The summed E-state index contributed by atoms with van der Waals surface area (Å²) in [5, 5.41) is 11.0. The average Bonchev–Trinajstić information content (AvgIpc) is 3.25. The number of ketones is 1. The van der Waals surface area contributed by atoms with Gasteiger partial charge in [0.05, 0.1) is 38.5 Å². The van der Waals surface area contributed by atoms with Crippen LogP contribution in [0.4, 0.5) is 0 Å². The molecule has 2 heterocycles. The second kappa shape index (κ2) is 7.98. The van der Waals surface area contributed by atoms with Gasteiger partial charge in [0.2, 0.25) is 5.78 Å². The number of benzene rings is 1. The van der Waals surface area contributed by atoms with Gasteiger partial charge in [0.25, 0.3) is 5.91 Å². The van der Waals surface area contributed by atoms with Gasteiger partial charge in [0, 0.05) is 18.0 Å². The second-order valence-electron chi connectivity index (χ2n) is 6.83. The van der Waals surface area contributed by atoms with Crippen molar-refractivity contribution in [3.05, 3.63) is 70.3 Å². The molecule has 0 radical (unpaired) electrons. The maximum Gasteiger partial charge on any atom is 0.290 e. The Bertz CT molecular complexity index is 857. The standard InChI is InChI=1S/C20H21ClN2O4/c1-22(2)10-4-11-23-17(13-6-8-14(21)9-7-13)16(19(25)20(23)26)18(24)15-5-3-12-27-15/h3,5-9,12,17,25H,4,10-11H2,1-2H3/p+1/t17-/m0/s1. The number of quaternary nitrogens is 1. The highest BCUT2D eigenvalue weighted by atomic mass is 35.5. The van der Waals surface area contributed by atoms with E-state index in [1.807, 2.05) is 14.1 Å². The molecule has 3 rings (SSSR count). The number of hydrogen-bond acceptors (Lipinski definition) is 4. The number of aliphatic hydroxyl groups excluding tert-OH is 1. The fraction of sp³-hybridized carbons (Fsp3) is 0.300. The summed E-state index contributed by atoms with van der Waals surface area (Å²) in [4.78, 5) is 28.4. The van der Waals surface area contributed by atoms with Gasteiger partial charge in [-0.15, -0.1) is 0 Å². The van der Waals surface area contributed by atoms with Crippen molar-refractivity contribution in [2.75, 3.05) is 27.2 Å². The first-order chi connectivity index (χ1) is 12.9. The summed E-state index contributed by atoms with van der Waals surface area (Å²) in [5.74, 6) is -1.47. The van der Waals surface area contributed by atoms with Crippen molar-refractivity contribution in [1.29, 1.82) is 0 Å². The summed E-state index contributed by atoms with van der Waals surface area (Å²) in [6.07, 6.45) is 2.13. The van der Waals surface area contributed by atoms with Crippen molar-refractivity contribution in [1.82, 2.24) is 4.90 Å². The first kappa shape index (κ1) is 19.2. The third-order valence-corrected chi connectivity index (χ3v) is 4.81. The van der Waals surface area contributed by atoms with Crippen LogP contribution >= 0.6 is 11.6 Å². The first-order valence-corrected chi connectivity index (χ1v) is 9.14. The van der Waals surface area contributed by atoms with Gasteiger partial charge in [-0.3, -0.25) is 9.59 Å². The third kappa shape index (κ3) is 3.91. The number of aliphatic hydroxyl groups is 1. The Kier molecular flexibility index (Phi) is 5.68. The minimum absolute atomic E-state index is 0.0365. The summed E-state index contributed by atoms with van der Waals surface area (Å²) in [5.41, 5.74) is 0.748. The van der Waals surface area contributed by atoms with Crippen LogP contribution in [0.25, 0.3) is 0 Å². The molecule has 1 aliphatic heterocycles. The van der Waals surface area contributed by atoms with Crippen molar-refractivity contribution in [2.24, 2.45) is 0 Å². The van der Waals surface area contributed by atoms with E-state index in [1.165, 1.54) is 22.1 Å². The van der Waals surface area contributed by atoms with Crippen LogP contribution in [0.3, 0.4) is 0 Å². The Hall–Kier alpha value is -2.57. The number of nitrogens with zero attached hydrogens (tertiary/aromatic N) is 1. The summed E-state index contributed by atoms with van der Waals surface area (Å²) in [7, 11) is 4.06. The Morgan fingerprint density at radius 3 is 2.56 bits per heavy atom. The Morgan fingerprint density at radius 2 is 1.96 bits per heavy atom. The highest BCUT2D eigenvalue weighted by molar-refractivity contribution is 6.30. The van der Waals surface area contributed by atoms with Crippen LogP contribution in [0, 0.1) is 0 Å². The monoisotopic (exact) mass is 389 g/mol. The van der Waals surface area contributed by atoms with Crippen molar-refractivity contribution >= 4 is 23.3 Å². The van der Waals surface area contributed by atoms with E-state index in [4.69, 9.17) is 16.0 Å². The molecule has 0 saturated carbocycles. The van der Waals surface area contributed by atoms with E-state index in [1.54, 1.807) is 30.3 Å². The molecule has 1 aliphatic rings. The van der Waals surface area contributed by atoms with Crippen molar-refractivity contribution in [3.63, 3.8) is 0 Å². The summed E-state index contributed by atoms with van der Waals surface area (Å²) in [6.45, 7) is 1.29. The van der Waals surface area contributed by atoms with Gasteiger partial charge in [0.15, 0.2) is 11.5 Å². The van der Waals surface area contributed by atoms with Crippen molar-refractivity contribution in [3.8, 4) is 0 Å². The van der Waals surface area contributed by atoms with E-state index in [0.717, 1.165) is 13.0 Å². The van der Waals surface area contributed by atoms with Gasteiger partial charge in [0.1, 0.15) is 0 Å². The Balaban J connectivity index is 1.99. The number of nitrogens with one attached hydrogen (secondary N) is 1. The van der Waals surface area contributed by atoms with Crippen molar-refractivity contribution < 1.29 is 24.0 Å². The lowest BCUT2D eigenvalue weighted by molar-refractivity contribution is -0.858. The Labute approximate surface area is 162 Å². The molecule has 0 aliphatic carbocycles. The molecule has 142 valence electrons. The van der Waals surface area contributed by atoms with Crippen LogP contribution in [-0.4, -0.2) is 48.9 Å². The molecule has 2 aromatic rings. The molecule has 1 amide bonds. The summed E-state index contributed by atoms with van der Waals surface area (Å²) < 4.78 is 5.19. The van der Waals surface area contributed by atoms with Gasteiger partial charge in [-0.25, -0.2) is 0 Å². The SMILES string of the molecule is C[NH+](C)CCCN1C(=O)C(O)=C(C(=O)c2ccco2)[C@@H]1c1ccc(Cl)cc1. The number of amides is 1. The molecule has 0 fully saturated rings. The number of halogens is 1. The fourth-order valence-corrected chi connectivity index (χ4v) is 3.38. The highest BCUT2D eigenvalue weighted by Gasteiger charge is 2.44. The van der Waals surface area contributed by atoms with Gasteiger partial charge >= 0.3 is 0 Å². The smallest absolute Gasteiger partial charge is 0.290 e. The maximum absolute atomic E-state index is 12.9. The molecule has 0 spiro atoms. The molecule has 1 atom stereocenters. The van der Waals surface area contributed by atoms with E-state index in [0.29, 0.717) is 17.1 Å². The number of rotatable bonds is 7. The first-order valence-electron chi connectivity index (χ1n) is 8.77. The third-order valence-electron chi connectivity index (χ3n) is 4.55. The zero-order chi connectivity index (χ0) is 19.6. The number of furan rings is 1. The molecule has 0 unspecified atom stereocenters. The van der Waals surface area contributed by atoms with Crippen molar-refractivity contribution in [2.45, 2.75) is 12.5 Å². The second-order valence-corrected chi connectivity index (χ2v) is 7.27. The van der Waals surface area contributed by atoms with Crippen LogP contribution in [0.2, 0.25) is 5.02 Å². The minimum atomic E-state index is -0.676. The normalized spacial score (nSPS) is 17.3. The predicted molar refractivity (Wildman–Crippen MR) is 101 cm³/mol. The Morgan fingerprint density at radius 1 is 1.26 bits per heavy atom. The van der Waals surface area contributed by atoms with Crippen LogP contribution in [0.15, 0.2) is 58.4 Å². The number of hydrogen-bond donors (Lipinski definition) is 2. The van der Waals surface area contributed by atoms with E-state index in [-0.39, 0.29) is 11.3 Å². The molecule has 1 aromatic heterocycles. The van der Waals surface area contributed by atoms with Gasteiger partial charge < -0.3 is 19.3 Å². The lowest BCUT2D eigenvalue weighted by Gasteiger charge is -2.26. The number of Topliss-reactive ketones (excluding diaryl/α,β-unsaturated/α-hetero) is 1. The van der Waals surface area contributed by atoms with Crippen LogP contribution in [0.5, 0.6) is 0 Å². The number of carbonyl (C=O) groups is 2. The zero-order valence-corrected chi connectivity index (χ0v) is 16.0. The largest absolute Gasteiger partial charge is 0.503 e. The van der Waals surface area contributed by atoms with E-state index in [9.17, 15) is 14.7 Å². The zero-order valence-electron chi connectivity index (χ0n) is 15.2. The van der Waals surface area contributed by atoms with Crippen LogP contribution < -0.4 is 4.90 Å². The van der Waals surface area contributed by atoms with Gasteiger partial charge in [-0.05, 0) is 29.8 Å². The quantitative estimate of drug-likeness (QED) is 0.711. The van der Waals surface area contributed by atoms with E-state index >= 15 is 0 Å². The lowest BCUT2D eigenvalue weighted by atomic mass is 9.95. The molecule has 27 heavy (non-hydrogen) atoms. The van der Waals surface area contributed by atoms with Gasteiger partial charge in [-0.2, -0.15) is 0 Å². The summed E-state index contributed by atoms with van der Waals surface area (Å²) in [6, 6.07) is 9.36. The molecular weight excluding hydrogens is 368 g/mol. The molecule has 7 heteroatoms. The number of carbonyl (C=O) groups excluding carboxylic acids is 2. The van der Waals surface area contributed by atoms with Gasteiger partial charge in [-0.1, -0.05) is 23.7 Å². The molecule has 6 nitrogen and oxygen atoms in total. The van der Waals surface area contributed by atoms with E-state index in [2.05, 4.69) is 0 Å². The van der Waals surface area contributed by atoms with Crippen LogP contribution in [-0.2, 0) is 4.79 Å². The molecule has 0 saturated heterocycles. The molecule has 0 bridgehead atoms. The van der Waals surface area contributed by atoms with Crippen LogP contribution in [0.1, 0.15) is 28.6 Å². The fourth-order valence-electron chi connectivity index (χ4n) is 3.25. The topological polar surface area (TPSA) is 75.2 Å². The highest BCUT2D eigenvalue weighted by Crippen LogP contribution is 2.39. The van der Waals surface area contributed by atoms with E-state index < -0.39 is 23.5 Å². The molecule has 1 aromatic carbocycles. The maximum atomic E-state index is 12.9. The minimum Gasteiger partial charge on any atom is -0.503 e. The summed E-state index contributed by atoms with van der Waals surface area (Å²) >= 11 is 5.98. The average molecular weight is 390 g/mol. The predicted octanol–water partition coefficient (Wildman–Crippen LogP) is 2.05. The molecular formula is C20H22ClN2O4+.